The third-order valence-electron chi connectivity index (χ3n) is 1.43. The molecule has 0 saturated heterocycles. The van der Waals surface area contributed by atoms with Crippen molar-refractivity contribution in [1.82, 2.24) is 0 Å². The van der Waals surface area contributed by atoms with Gasteiger partial charge in [-0.3, -0.25) is 0 Å². The van der Waals surface area contributed by atoms with Crippen molar-refractivity contribution >= 4 is 11.6 Å². The highest BCUT2D eigenvalue weighted by atomic mass is 35.5. The van der Waals surface area contributed by atoms with Crippen LogP contribution in [0.2, 0.25) is 0 Å². The van der Waals surface area contributed by atoms with Crippen molar-refractivity contribution in [2.24, 2.45) is 5.92 Å². The van der Waals surface area contributed by atoms with E-state index >= 15 is 0 Å². The average Bonchev–Trinajstić information content (AvgIpc) is 1.86. The summed E-state index contributed by atoms with van der Waals surface area (Å²) in [7, 11) is 0. The molecule has 0 aromatic heterocycles. The molecule has 0 aromatic rings. The highest BCUT2D eigenvalue weighted by Gasteiger charge is 2.40. The predicted octanol–water partition coefficient (Wildman–Crippen LogP) is 3.25. The van der Waals surface area contributed by atoms with Gasteiger partial charge in [-0.15, -0.1) is 0 Å². The second-order valence-corrected chi connectivity index (χ2v) is 2.71. The summed E-state index contributed by atoms with van der Waals surface area (Å²) < 4.78 is 36.0. The minimum Gasteiger partial charge on any atom is -0.170 e. The van der Waals surface area contributed by atoms with Crippen LogP contribution in [0.3, 0.4) is 0 Å². The van der Waals surface area contributed by atoms with Gasteiger partial charge in [-0.1, -0.05) is 29.8 Å². The van der Waals surface area contributed by atoms with Crippen molar-refractivity contribution < 1.29 is 13.2 Å². The Morgan fingerprint density at radius 3 is 2.45 bits per heavy atom. The zero-order valence-corrected chi connectivity index (χ0v) is 6.28. The molecule has 0 fully saturated rings. The fraction of sp³-hybridized carbons (Fsp3) is 0.429. The molecule has 11 heavy (non-hydrogen) atoms. The molecule has 1 aliphatic carbocycles. The largest absolute Gasteiger partial charge is 0.399 e. The van der Waals surface area contributed by atoms with Gasteiger partial charge < -0.3 is 0 Å². The number of hydrogen-bond donors (Lipinski definition) is 0. The highest BCUT2D eigenvalue weighted by Crippen LogP contribution is 2.36. The molecule has 0 saturated carbocycles. The monoisotopic (exact) mass is 182 g/mol. The van der Waals surface area contributed by atoms with Gasteiger partial charge in [0.2, 0.25) is 0 Å². The van der Waals surface area contributed by atoms with Gasteiger partial charge >= 0.3 is 6.18 Å². The summed E-state index contributed by atoms with van der Waals surface area (Å²) >= 11 is 5.36. The third kappa shape index (κ3) is 1.99. The number of alkyl halides is 3. The van der Waals surface area contributed by atoms with Gasteiger partial charge in [-0.2, -0.15) is 13.2 Å². The van der Waals surface area contributed by atoms with Crippen molar-refractivity contribution in [2.75, 3.05) is 0 Å². The van der Waals surface area contributed by atoms with Crippen LogP contribution in [0.5, 0.6) is 0 Å². The van der Waals surface area contributed by atoms with E-state index in [0.717, 1.165) is 6.08 Å². The molecule has 0 heterocycles. The molecule has 1 rings (SSSR count). The topological polar surface area (TPSA) is 0 Å². The lowest BCUT2D eigenvalue weighted by atomic mass is 10.0. The first-order valence-corrected chi connectivity index (χ1v) is 3.48. The molecule has 1 atom stereocenters. The molecule has 1 aliphatic rings. The number of halogens is 4. The van der Waals surface area contributed by atoms with E-state index in [1.165, 1.54) is 12.2 Å². The molecule has 1 unspecified atom stereocenters. The molecule has 0 aromatic carbocycles. The minimum atomic E-state index is -4.25. The van der Waals surface area contributed by atoms with Gasteiger partial charge in [0.05, 0.1) is 0 Å². The van der Waals surface area contributed by atoms with Crippen LogP contribution in [0.4, 0.5) is 13.2 Å². The maximum absolute atomic E-state index is 12.0. The molecule has 0 spiro atoms. The van der Waals surface area contributed by atoms with Crippen LogP contribution in [0, 0.1) is 5.92 Å². The van der Waals surface area contributed by atoms with Gasteiger partial charge in [0.25, 0.3) is 0 Å². The zero-order valence-electron chi connectivity index (χ0n) is 5.53. The van der Waals surface area contributed by atoms with Crippen LogP contribution in [0.1, 0.15) is 6.42 Å². The van der Waals surface area contributed by atoms with E-state index in [1.54, 1.807) is 0 Å². The van der Waals surface area contributed by atoms with Gasteiger partial charge in [0.15, 0.2) is 0 Å². The second-order valence-electron chi connectivity index (χ2n) is 2.27. The summed E-state index contributed by atoms with van der Waals surface area (Å²) in [4.78, 5) is 0. The summed E-state index contributed by atoms with van der Waals surface area (Å²) in [6, 6.07) is 0. The number of allylic oxidation sites excluding steroid dienone is 4. The first-order chi connectivity index (χ1) is 5.02. The zero-order chi connectivity index (χ0) is 8.48. The summed E-state index contributed by atoms with van der Waals surface area (Å²) in [6.45, 7) is 0. The van der Waals surface area contributed by atoms with Gasteiger partial charge in [0, 0.05) is 5.03 Å². The molecule has 0 bridgehead atoms. The van der Waals surface area contributed by atoms with Crippen LogP contribution >= 0.6 is 11.6 Å². The Morgan fingerprint density at radius 1 is 1.45 bits per heavy atom. The van der Waals surface area contributed by atoms with E-state index in [-0.39, 0.29) is 5.03 Å². The minimum absolute atomic E-state index is 0.125. The fourth-order valence-corrected chi connectivity index (χ4v) is 1.17. The lowest BCUT2D eigenvalue weighted by Crippen LogP contribution is -2.22. The van der Waals surface area contributed by atoms with E-state index in [1.807, 2.05) is 0 Å². The Labute approximate surface area is 67.3 Å². The summed E-state index contributed by atoms with van der Waals surface area (Å²) in [5.41, 5.74) is 0. The maximum atomic E-state index is 12.0. The molecule has 0 N–H and O–H groups in total. The number of rotatable bonds is 0. The molecule has 4 heteroatoms. The first kappa shape index (κ1) is 8.65. The van der Waals surface area contributed by atoms with Crippen molar-refractivity contribution in [3.63, 3.8) is 0 Å². The third-order valence-corrected chi connectivity index (χ3v) is 1.82. The summed E-state index contributed by atoms with van der Waals surface area (Å²) in [6.07, 6.45) is 0.169. The van der Waals surface area contributed by atoms with Crippen molar-refractivity contribution in [2.45, 2.75) is 12.6 Å². The number of hydrogen-bond acceptors (Lipinski definition) is 0. The van der Waals surface area contributed by atoms with Crippen LogP contribution in [-0.2, 0) is 0 Å². The molecule has 0 radical (unpaired) electrons. The predicted molar refractivity (Wildman–Crippen MR) is 37.2 cm³/mol. The van der Waals surface area contributed by atoms with Crippen LogP contribution in [-0.4, -0.2) is 6.18 Å². The highest BCUT2D eigenvalue weighted by molar-refractivity contribution is 6.30. The lowest BCUT2D eigenvalue weighted by molar-refractivity contribution is -0.150. The molecule has 0 nitrogen and oxygen atoms in total. The quantitative estimate of drug-likeness (QED) is 0.505. The molecular formula is C7H6ClF3. The summed E-state index contributed by atoms with van der Waals surface area (Å²) in [5.74, 6) is -1.59. The van der Waals surface area contributed by atoms with E-state index in [2.05, 4.69) is 0 Å². The Bertz CT molecular complexity index is 202. The van der Waals surface area contributed by atoms with Crippen LogP contribution < -0.4 is 0 Å². The normalized spacial score (nSPS) is 25.1. The van der Waals surface area contributed by atoms with E-state index in [4.69, 9.17) is 11.6 Å². The van der Waals surface area contributed by atoms with Crippen LogP contribution in [0.15, 0.2) is 23.3 Å². The Balaban J connectivity index is 2.79. The van der Waals surface area contributed by atoms with Gasteiger partial charge in [0.1, 0.15) is 5.92 Å². The fourth-order valence-electron chi connectivity index (χ4n) is 0.880. The van der Waals surface area contributed by atoms with Crippen molar-refractivity contribution in [1.29, 1.82) is 0 Å². The molecule has 62 valence electrons. The van der Waals surface area contributed by atoms with Gasteiger partial charge in [-0.05, 0) is 6.42 Å². The van der Waals surface area contributed by atoms with Crippen molar-refractivity contribution in [3.8, 4) is 0 Å². The first-order valence-electron chi connectivity index (χ1n) is 3.11. The van der Waals surface area contributed by atoms with Gasteiger partial charge in [-0.25, -0.2) is 0 Å². The molecule has 0 amide bonds. The van der Waals surface area contributed by atoms with E-state index in [0.29, 0.717) is 6.42 Å². The average molecular weight is 183 g/mol. The molecular weight excluding hydrogens is 177 g/mol. The smallest absolute Gasteiger partial charge is 0.170 e. The van der Waals surface area contributed by atoms with E-state index < -0.39 is 12.1 Å². The van der Waals surface area contributed by atoms with Crippen LogP contribution in [0.25, 0.3) is 0 Å². The standard InChI is InChI=1S/C7H6ClF3/c8-6-4-2-1-3-5(6)7(9,10)11/h1,3-5H,2H2. The Hall–Kier alpha value is -0.440. The van der Waals surface area contributed by atoms with Crippen molar-refractivity contribution in [3.05, 3.63) is 23.3 Å². The summed E-state index contributed by atoms with van der Waals surface area (Å²) in [5, 5.41) is -0.125. The Kier molecular flexibility index (Phi) is 2.28. The maximum Gasteiger partial charge on any atom is 0.399 e. The second kappa shape index (κ2) is 2.89. The SMILES string of the molecule is FC(F)(F)C1C=CCC=C1Cl. The Morgan fingerprint density at radius 2 is 2.09 bits per heavy atom. The molecule has 0 aliphatic heterocycles. The lowest BCUT2D eigenvalue weighted by Gasteiger charge is -2.18. The van der Waals surface area contributed by atoms with E-state index in [9.17, 15) is 13.2 Å².